The summed E-state index contributed by atoms with van der Waals surface area (Å²) in [4.78, 5) is 4.23. The van der Waals surface area contributed by atoms with Gasteiger partial charge < -0.3 is 4.90 Å². The van der Waals surface area contributed by atoms with E-state index in [9.17, 15) is 0 Å². The van der Waals surface area contributed by atoms with Crippen molar-refractivity contribution >= 4 is 40.4 Å². The molecule has 3 aromatic carbocycles. The van der Waals surface area contributed by atoms with Crippen LogP contribution in [0.15, 0.2) is 119 Å². The molecule has 1 fully saturated rings. The van der Waals surface area contributed by atoms with Crippen LogP contribution >= 0.6 is 11.8 Å². The van der Waals surface area contributed by atoms with Crippen molar-refractivity contribution in [3.63, 3.8) is 0 Å². The average Bonchev–Trinajstić information content (AvgIpc) is 3.47. The molecule has 45 heavy (non-hydrogen) atoms. The van der Waals surface area contributed by atoms with Crippen LogP contribution in [0.1, 0.15) is 78.4 Å². The minimum Gasteiger partial charge on any atom is -0.332 e. The van der Waals surface area contributed by atoms with Crippen LogP contribution in [0.5, 0.6) is 0 Å². The number of rotatable bonds is 3. The first kappa shape index (κ1) is 26.4. The van der Waals surface area contributed by atoms with Crippen LogP contribution in [0, 0.1) is 5.92 Å². The number of hydrogen-bond acceptors (Lipinski definition) is 3. The Bertz CT molecular complexity index is 1980. The molecule has 0 saturated carbocycles. The smallest absolute Gasteiger partial charge is 0.109 e. The maximum absolute atomic E-state index is 4.07. The van der Waals surface area contributed by atoms with Gasteiger partial charge >= 0.3 is 0 Å². The molecule has 222 valence electrons. The van der Waals surface area contributed by atoms with Gasteiger partial charge in [-0.25, -0.2) is 0 Å². The van der Waals surface area contributed by atoms with E-state index in [0.29, 0.717) is 17.1 Å². The number of allylic oxidation sites excluding steroid dienone is 9. The normalized spacial score (nSPS) is 29.0. The second kappa shape index (κ2) is 10.4. The van der Waals surface area contributed by atoms with Crippen LogP contribution in [-0.2, 0) is 6.42 Å². The second-order valence-corrected chi connectivity index (χ2v) is 14.9. The number of benzene rings is 3. The summed E-state index contributed by atoms with van der Waals surface area (Å²) in [7, 11) is 0. The first-order chi connectivity index (χ1) is 22.3. The van der Waals surface area contributed by atoms with Gasteiger partial charge in [-0.1, -0.05) is 109 Å². The highest BCUT2D eigenvalue weighted by Crippen LogP contribution is 2.56. The number of anilines is 1. The van der Waals surface area contributed by atoms with E-state index in [4.69, 9.17) is 0 Å². The van der Waals surface area contributed by atoms with E-state index in [-0.39, 0.29) is 12.3 Å². The fourth-order valence-corrected chi connectivity index (χ4v) is 10.5. The highest BCUT2D eigenvalue weighted by molar-refractivity contribution is 8.04. The minimum absolute atomic E-state index is 0.147. The van der Waals surface area contributed by atoms with Crippen molar-refractivity contribution in [1.29, 1.82) is 0 Å². The third kappa shape index (κ3) is 4.13. The summed E-state index contributed by atoms with van der Waals surface area (Å²) in [5.74, 6) is 1.03. The third-order valence-corrected chi connectivity index (χ3v) is 12.7. The van der Waals surface area contributed by atoms with Gasteiger partial charge in [0.25, 0.3) is 0 Å². The summed E-state index contributed by atoms with van der Waals surface area (Å²) in [5.41, 5.74) is 13.3. The fraction of sp³-hybridized carbons (Fsp3) is 0.286. The fourth-order valence-electron chi connectivity index (χ4n) is 9.07. The van der Waals surface area contributed by atoms with Gasteiger partial charge in [-0.3, -0.25) is 5.32 Å². The van der Waals surface area contributed by atoms with E-state index < -0.39 is 0 Å². The summed E-state index contributed by atoms with van der Waals surface area (Å²) in [6, 6.07) is 19.1. The highest BCUT2D eigenvalue weighted by atomic mass is 32.2. The monoisotopic (exact) mass is 602 g/mol. The molecule has 5 atom stereocenters. The predicted octanol–water partition coefficient (Wildman–Crippen LogP) is 10.3. The lowest BCUT2D eigenvalue weighted by Gasteiger charge is -2.53. The molecule has 3 heteroatoms. The summed E-state index contributed by atoms with van der Waals surface area (Å²) in [5, 5.41) is 7.40. The molecular formula is C42H38N2S. The quantitative estimate of drug-likeness (QED) is 0.300. The van der Waals surface area contributed by atoms with Gasteiger partial charge in [0.2, 0.25) is 0 Å². The number of nitrogens with one attached hydrogen (secondary N) is 1. The van der Waals surface area contributed by atoms with E-state index in [1.165, 1.54) is 74.9 Å². The largest absolute Gasteiger partial charge is 0.332 e. The zero-order chi connectivity index (χ0) is 29.5. The second-order valence-electron chi connectivity index (χ2n) is 13.7. The summed E-state index contributed by atoms with van der Waals surface area (Å²) >= 11 is 2.08. The molecule has 1 N–H and O–H groups in total. The van der Waals surface area contributed by atoms with Crippen molar-refractivity contribution in [3.8, 4) is 0 Å². The molecule has 2 nitrogen and oxygen atoms in total. The number of fused-ring (bicyclic) bond motifs is 8. The molecule has 2 aliphatic heterocycles. The number of hydrogen-bond donors (Lipinski definition) is 1. The van der Waals surface area contributed by atoms with Gasteiger partial charge in [-0.15, -0.1) is 11.8 Å². The van der Waals surface area contributed by atoms with E-state index in [0.717, 1.165) is 19.3 Å². The van der Waals surface area contributed by atoms with Crippen LogP contribution in [0.4, 0.5) is 5.69 Å². The summed E-state index contributed by atoms with van der Waals surface area (Å²) in [6.07, 6.45) is 32.4. The van der Waals surface area contributed by atoms with Crippen molar-refractivity contribution in [2.45, 2.75) is 68.4 Å². The Morgan fingerprint density at radius 1 is 0.733 bits per heavy atom. The van der Waals surface area contributed by atoms with Crippen LogP contribution < -0.4 is 10.2 Å². The molecule has 2 heterocycles. The molecule has 10 rings (SSSR count). The molecule has 1 saturated heterocycles. The Balaban J connectivity index is 1.11. The molecule has 5 unspecified atom stereocenters. The zero-order valence-corrected chi connectivity index (χ0v) is 26.4. The van der Waals surface area contributed by atoms with Crippen LogP contribution in [0.2, 0.25) is 0 Å². The van der Waals surface area contributed by atoms with E-state index in [1.807, 2.05) is 0 Å². The van der Waals surface area contributed by atoms with Crippen molar-refractivity contribution in [3.05, 3.63) is 147 Å². The Morgan fingerprint density at radius 3 is 2.62 bits per heavy atom. The molecule has 0 amide bonds. The zero-order valence-electron chi connectivity index (χ0n) is 25.6. The van der Waals surface area contributed by atoms with Crippen molar-refractivity contribution in [2.75, 3.05) is 4.90 Å². The molecule has 3 aromatic rings. The maximum atomic E-state index is 4.07. The topological polar surface area (TPSA) is 15.3 Å². The van der Waals surface area contributed by atoms with Crippen LogP contribution in [-0.4, -0.2) is 11.4 Å². The van der Waals surface area contributed by atoms with Crippen LogP contribution in [0.25, 0.3) is 22.9 Å². The lowest BCUT2D eigenvalue weighted by atomic mass is 9.77. The number of aryl methyl sites for hydroxylation is 1. The SMILES string of the molecule is C1=CC2CC(C3NC(c4ccc5c(c4)CCC=C5)N3c3cccc4c5c(ccc34)C=CC3SC4=C(CCC=C4)C53)=CC=C2CC1. The lowest BCUT2D eigenvalue weighted by molar-refractivity contribution is 0.297. The van der Waals surface area contributed by atoms with Crippen molar-refractivity contribution in [2.24, 2.45) is 5.92 Å². The first-order valence-corrected chi connectivity index (χ1v) is 17.9. The molecule has 0 bridgehead atoms. The van der Waals surface area contributed by atoms with E-state index in [1.54, 1.807) is 16.7 Å². The first-order valence-electron chi connectivity index (χ1n) is 17.0. The Labute approximate surface area is 270 Å². The number of thioether (sulfide) groups is 1. The Hall–Kier alpha value is -3.79. The minimum atomic E-state index is 0.147. The van der Waals surface area contributed by atoms with Gasteiger partial charge in [0.05, 0.1) is 0 Å². The summed E-state index contributed by atoms with van der Waals surface area (Å²) in [6.45, 7) is 0. The Kier molecular flexibility index (Phi) is 6.09. The molecular weight excluding hydrogens is 565 g/mol. The standard InChI is InChI=1S/C42H38N2S/c1-3-10-29-24-31(18-16-26(29)8-1)41-43-42(32-19-17-27-9-2-4-11-30(27)25-32)44(41)36-14-7-13-34-33(36)22-20-28-21-23-38-40(39(28)34)35-12-5-6-15-37(35)45-38/h1,4,6-8,11,13-24,30,38,40-43H,2-3,5,9-10,12,25H2. The van der Waals surface area contributed by atoms with E-state index in [2.05, 4.69) is 131 Å². The molecule has 0 radical (unpaired) electrons. The molecule has 0 aromatic heterocycles. The van der Waals surface area contributed by atoms with Gasteiger partial charge in [0.15, 0.2) is 0 Å². The number of nitrogens with zero attached hydrogens (tertiary/aromatic N) is 1. The maximum Gasteiger partial charge on any atom is 0.109 e. The molecule has 0 spiro atoms. The lowest BCUT2D eigenvalue weighted by Crippen LogP contribution is -2.65. The van der Waals surface area contributed by atoms with Crippen LogP contribution in [0.3, 0.4) is 0 Å². The van der Waals surface area contributed by atoms with Gasteiger partial charge in [0, 0.05) is 33.1 Å². The average molecular weight is 603 g/mol. The Morgan fingerprint density at radius 2 is 1.62 bits per heavy atom. The van der Waals surface area contributed by atoms with Gasteiger partial charge in [0.1, 0.15) is 12.3 Å². The van der Waals surface area contributed by atoms with Gasteiger partial charge in [-0.05, 0) is 95.4 Å². The molecule has 5 aliphatic carbocycles. The van der Waals surface area contributed by atoms with Crippen molar-refractivity contribution < 1.29 is 0 Å². The molecule has 7 aliphatic rings. The highest BCUT2D eigenvalue weighted by Gasteiger charge is 2.43. The van der Waals surface area contributed by atoms with Gasteiger partial charge in [-0.2, -0.15) is 0 Å². The van der Waals surface area contributed by atoms with E-state index >= 15 is 0 Å². The van der Waals surface area contributed by atoms with Crippen molar-refractivity contribution in [1.82, 2.24) is 5.32 Å². The summed E-state index contributed by atoms with van der Waals surface area (Å²) < 4.78 is 0. The third-order valence-electron chi connectivity index (χ3n) is 11.3. The predicted molar refractivity (Wildman–Crippen MR) is 191 cm³/mol.